The molecule has 26 heavy (non-hydrogen) atoms. The third-order valence-corrected chi connectivity index (χ3v) is 5.18. The largest absolute Gasteiger partial charge is 0.319 e. The molecule has 2 aromatic heterocycles. The van der Waals surface area contributed by atoms with Gasteiger partial charge < -0.3 is 5.32 Å². The zero-order valence-electron chi connectivity index (χ0n) is 15.0. The summed E-state index contributed by atoms with van der Waals surface area (Å²) >= 11 is 12.5. The van der Waals surface area contributed by atoms with Crippen LogP contribution in [0.25, 0.3) is 0 Å². The van der Waals surface area contributed by atoms with Crippen LogP contribution in [0.1, 0.15) is 33.0 Å². The molecule has 0 aliphatic rings. The van der Waals surface area contributed by atoms with E-state index in [1.165, 1.54) is 0 Å². The van der Waals surface area contributed by atoms with Crippen LogP contribution >= 0.6 is 23.2 Å². The first kappa shape index (κ1) is 18.5. The number of hydrogen-bond acceptors (Lipinski definition) is 3. The van der Waals surface area contributed by atoms with Crippen LogP contribution < -0.4 is 5.32 Å². The number of halogens is 2. The van der Waals surface area contributed by atoms with E-state index < -0.39 is 0 Å². The molecule has 0 spiro atoms. The molecule has 0 radical (unpaired) electrons. The van der Waals surface area contributed by atoms with Crippen molar-refractivity contribution in [1.29, 1.82) is 0 Å². The molecule has 0 bridgehead atoms. The quantitative estimate of drug-likeness (QED) is 0.726. The number of anilines is 1. The van der Waals surface area contributed by atoms with E-state index in [1.807, 2.05) is 20.8 Å². The summed E-state index contributed by atoms with van der Waals surface area (Å²) in [5.41, 5.74) is 4.36. The summed E-state index contributed by atoms with van der Waals surface area (Å²) in [5, 5.41) is 12.7. The van der Waals surface area contributed by atoms with Crippen LogP contribution in [0, 0.1) is 20.8 Å². The molecular weight excluding hydrogens is 373 g/mol. The van der Waals surface area contributed by atoms with Gasteiger partial charge in [-0.2, -0.15) is 10.2 Å². The van der Waals surface area contributed by atoms with Crippen LogP contribution in [0.3, 0.4) is 0 Å². The van der Waals surface area contributed by atoms with E-state index in [4.69, 9.17) is 23.2 Å². The molecular formula is C18H19Cl2N5O. The zero-order valence-corrected chi connectivity index (χ0v) is 16.5. The molecule has 0 aliphatic heterocycles. The van der Waals surface area contributed by atoms with Gasteiger partial charge in [-0.1, -0.05) is 29.3 Å². The number of aromatic nitrogens is 4. The molecule has 8 heteroatoms. The maximum atomic E-state index is 12.6. The Balaban J connectivity index is 1.89. The maximum Gasteiger partial charge on any atom is 0.259 e. The summed E-state index contributed by atoms with van der Waals surface area (Å²) in [6.45, 7) is 6.03. The fraction of sp³-hybridized carbons (Fsp3) is 0.278. The molecule has 0 saturated carbocycles. The fourth-order valence-corrected chi connectivity index (χ4v) is 3.28. The average molecular weight is 392 g/mol. The molecule has 3 aromatic rings. The smallest absolute Gasteiger partial charge is 0.259 e. The number of rotatable bonds is 4. The second kappa shape index (κ2) is 7.13. The second-order valence-electron chi connectivity index (χ2n) is 6.13. The summed E-state index contributed by atoms with van der Waals surface area (Å²) in [5.74, 6) is -0.211. The molecule has 136 valence electrons. The number of carbonyl (C=O) groups is 1. The minimum absolute atomic E-state index is 0.211. The van der Waals surface area contributed by atoms with E-state index in [0.29, 0.717) is 27.8 Å². The van der Waals surface area contributed by atoms with Gasteiger partial charge in [0.25, 0.3) is 5.91 Å². The normalized spacial score (nSPS) is 11.0. The number of benzene rings is 1. The van der Waals surface area contributed by atoms with E-state index in [0.717, 1.165) is 22.6 Å². The number of aryl methyl sites for hydroxylation is 2. The highest BCUT2D eigenvalue weighted by Crippen LogP contribution is 2.27. The number of nitrogens with zero attached hydrogens (tertiary/aromatic N) is 4. The molecule has 1 amide bonds. The van der Waals surface area contributed by atoms with E-state index in [9.17, 15) is 4.79 Å². The highest BCUT2D eigenvalue weighted by Gasteiger charge is 2.19. The molecule has 2 heterocycles. The van der Waals surface area contributed by atoms with Crippen molar-refractivity contribution in [3.05, 3.63) is 62.6 Å². The van der Waals surface area contributed by atoms with Gasteiger partial charge in [0.2, 0.25) is 0 Å². The number of hydrogen-bond donors (Lipinski definition) is 1. The minimum Gasteiger partial charge on any atom is -0.319 e. The van der Waals surface area contributed by atoms with Crippen LogP contribution in [0.5, 0.6) is 0 Å². The second-order valence-corrected chi connectivity index (χ2v) is 6.94. The van der Waals surface area contributed by atoms with Crippen molar-refractivity contribution in [3.8, 4) is 0 Å². The van der Waals surface area contributed by atoms with Gasteiger partial charge >= 0.3 is 0 Å². The van der Waals surface area contributed by atoms with Gasteiger partial charge in [-0.05, 0) is 32.9 Å². The Kier molecular flexibility index (Phi) is 5.07. The Morgan fingerprint density at radius 3 is 2.38 bits per heavy atom. The van der Waals surface area contributed by atoms with E-state index in [-0.39, 0.29) is 5.91 Å². The molecule has 3 rings (SSSR count). The van der Waals surface area contributed by atoms with Crippen molar-refractivity contribution < 1.29 is 4.79 Å². The number of amides is 1. The summed E-state index contributed by atoms with van der Waals surface area (Å²) in [7, 11) is 1.80. The first-order valence-electron chi connectivity index (χ1n) is 8.06. The van der Waals surface area contributed by atoms with Gasteiger partial charge in [-0.25, -0.2) is 0 Å². The summed E-state index contributed by atoms with van der Waals surface area (Å²) in [6.07, 6.45) is 1.56. The lowest BCUT2D eigenvalue weighted by Gasteiger charge is -2.10. The topological polar surface area (TPSA) is 64.7 Å². The van der Waals surface area contributed by atoms with Gasteiger partial charge in [0.15, 0.2) is 0 Å². The van der Waals surface area contributed by atoms with Crippen LogP contribution in [-0.2, 0) is 13.6 Å². The Bertz CT molecular complexity index is 970. The van der Waals surface area contributed by atoms with Crippen LogP contribution in [0.15, 0.2) is 24.4 Å². The Labute approximate surface area is 161 Å². The SMILES string of the molecule is Cc1nn(Cc2c(Cl)cccc2Cl)c(C)c1NC(=O)c1cnn(C)c1C. The molecule has 6 nitrogen and oxygen atoms in total. The molecule has 0 aliphatic carbocycles. The molecule has 1 N–H and O–H groups in total. The first-order valence-corrected chi connectivity index (χ1v) is 8.82. The highest BCUT2D eigenvalue weighted by molar-refractivity contribution is 6.35. The van der Waals surface area contributed by atoms with E-state index in [1.54, 1.807) is 40.8 Å². The van der Waals surface area contributed by atoms with Crippen molar-refractivity contribution in [2.45, 2.75) is 27.3 Å². The van der Waals surface area contributed by atoms with Crippen LogP contribution in [0.4, 0.5) is 5.69 Å². The van der Waals surface area contributed by atoms with Crippen molar-refractivity contribution >= 4 is 34.8 Å². The van der Waals surface area contributed by atoms with Gasteiger partial charge in [-0.3, -0.25) is 14.2 Å². The fourth-order valence-electron chi connectivity index (χ4n) is 2.77. The highest BCUT2D eigenvalue weighted by atomic mass is 35.5. The lowest BCUT2D eigenvalue weighted by molar-refractivity contribution is 0.102. The van der Waals surface area contributed by atoms with Crippen molar-refractivity contribution in [1.82, 2.24) is 19.6 Å². The number of nitrogens with one attached hydrogen (secondary N) is 1. The first-order chi connectivity index (χ1) is 12.3. The van der Waals surface area contributed by atoms with Crippen LogP contribution in [0.2, 0.25) is 10.0 Å². The average Bonchev–Trinajstić information content (AvgIpc) is 3.05. The van der Waals surface area contributed by atoms with E-state index in [2.05, 4.69) is 15.5 Å². The van der Waals surface area contributed by atoms with E-state index >= 15 is 0 Å². The molecule has 1 aromatic carbocycles. The molecule has 0 atom stereocenters. The standard InChI is InChI=1S/C18H19Cl2N5O/c1-10-17(22-18(26)13-8-21-24(4)11(13)2)12(3)25(23-10)9-14-15(19)6-5-7-16(14)20/h5-8H,9H2,1-4H3,(H,22,26). The Morgan fingerprint density at radius 2 is 1.81 bits per heavy atom. The Hall–Kier alpha value is -2.31. The predicted molar refractivity (Wildman–Crippen MR) is 103 cm³/mol. The molecule has 0 unspecified atom stereocenters. The minimum atomic E-state index is -0.211. The molecule has 0 saturated heterocycles. The predicted octanol–water partition coefficient (Wildman–Crippen LogP) is 4.15. The lowest BCUT2D eigenvalue weighted by Crippen LogP contribution is -2.14. The third kappa shape index (κ3) is 3.34. The van der Waals surface area contributed by atoms with Gasteiger partial charge in [0, 0.05) is 28.4 Å². The maximum absolute atomic E-state index is 12.6. The summed E-state index contributed by atoms with van der Waals surface area (Å²) < 4.78 is 3.45. The van der Waals surface area contributed by atoms with Gasteiger partial charge in [-0.15, -0.1) is 0 Å². The summed E-state index contributed by atoms with van der Waals surface area (Å²) in [6, 6.07) is 5.39. The van der Waals surface area contributed by atoms with Gasteiger partial charge in [0.05, 0.1) is 35.4 Å². The zero-order chi connectivity index (χ0) is 19.0. The van der Waals surface area contributed by atoms with Crippen molar-refractivity contribution in [2.75, 3.05) is 5.32 Å². The van der Waals surface area contributed by atoms with Gasteiger partial charge in [0.1, 0.15) is 0 Å². The molecule has 0 fully saturated rings. The van der Waals surface area contributed by atoms with Crippen molar-refractivity contribution in [2.24, 2.45) is 7.05 Å². The van der Waals surface area contributed by atoms with Crippen molar-refractivity contribution in [3.63, 3.8) is 0 Å². The van der Waals surface area contributed by atoms with Crippen LogP contribution in [-0.4, -0.2) is 25.5 Å². The monoisotopic (exact) mass is 391 g/mol. The Morgan fingerprint density at radius 1 is 1.15 bits per heavy atom. The summed E-state index contributed by atoms with van der Waals surface area (Å²) in [4.78, 5) is 12.6. The lowest BCUT2D eigenvalue weighted by atomic mass is 10.2. The number of carbonyl (C=O) groups excluding carboxylic acids is 1. The third-order valence-electron chi connectivity index (χ3n) is 4.47.